The number of carbonyl (C=O) groups excluding carboxylic acids is 1. The smallest absolute Gasteiger partial charge is 0.224 e. The Morgan fingerprint density at radius 1 is 1.50 bits per heavy atom. The highest BCUT2D eigenvalue weighted by Gasteiger charge is 2.34. The van der Waals surface area contributed by atoms with Gasteiger partial charge in [0.2, 0.25) is 5.91 Å². The van der Waals surface area contributed by atoms with E-state index in [0.717, 1.165) is 6.42 Å². The van der Waals surface area contributed by atoms with E-state index in [9.17, 15) is 9.18 Å². The maximum Gasteiger partial charge on any atom is 0.224 e. The second-order valence-electron chi connectivity index (χ2n) is 4.96. The van der Waals surface area contributed by atoms with Crippen LogP contribution in [0, 0.1) is 11.7 Å². The normalized spacial score (nSPS) is 23.4. The number of nitrogens with two attached hydrogens (primary N) is 1. The molecule has 0 aromatic heterocycles. The predicted molar refractivity (Wildman–Crippen MR) is 68.3 cm³/mol. The second kappa shape index (κ2) is 5.48. The summed E-state index contributed by atoms with van der Waals surface area (Å²) in [6.45, 7) is 3.12. The molecule has 0 spiro atoms. The highest BCUT2D eigenvalue weighted by molar-refractivity contribution is 5.77. The van der Waals surface area contributed by atoms with Gasteiger partial charge in [0.05, 0.1) is 6.04 Å². The lowest BCUT2D eigenvalue weighted by Gasteiger charge is -2.25. The summed E-state index contributed by atoms with van der Waals surface area (Å²) in [5.41, 5.74) is 6.04. The first-order valence-corrected chi connectivity index (χ1v) is 6.37. The minimum absolute atomic E-state index is 0.0232. The lowest BCUT2D eigenvalue weighted by molar-refractivity contribution is -0.132. The van der Waals surface area contributed by atoms with Gasteiger partial charge in [-0.25, -0.2) is 4.39 Å². The molecule has 18 heavy (non-hydrogen) atoms. The first kappa shape index (κ1) is 13.0. The lowest BCUT2D eigenvalue weighted by Crippen LogP contribution is -2.32. The summed E-state index contributed by atoms with van der Waals surface area (Å²) in [7, 11) is 0. The minimum atomic E-state index is -0.234. The number of nitrogens with zero attached hydrogens (tertiary/aromatic N) is 1. The van der Waals surface area contributed by atoms with Gasteiger partial charge in [0.1, 0.15) is 5.82 Å². The molecule has 0 saturated carbocycles. The Balaban J connectivity index is 2.25. The molecule has 1 aliphatic heterocycles. The summed E-state index contributed by atoms with van der Waals surface area (Å²) in [5.74, 6) is 0.189. The molecule has 1 fully saturated rings. The molecular weight excluding hydrogens is 231 g/mol. The van der Waals surface area contributed by atoms with Crippen LogP contribution in [0.5, 0.6) is 0 Å². The van der Waals surface area contributed by atoms with E-state index in [1.165, 1.54) is 6.07 Å². The molecule has 1 aliphatic rings. The van der Waals surface area contributed by atoms with Crippen molar-refractivity contribution in [2.75, 3.05) is 13.1 Å². The molecule has 2 unspecified atom stereocenters. The molecule has 1 amide bonds. The first-order valence-electron chi connectivity index (χ1n) is 6.37. The zero-order valence-corrected chi connectivity index (χ0v) is 10.6. The Bertz CT molecular complexity index is 436. The van der Waals surface area contributed by atoms with Crippen molar-refractivity contribution in [2.45, 2.75) is 25.8 Å². The van der Waals surface area contributed by atoms with Crippen molar-refractivity contribution in [3.8, 4) is 0 Å². The third kappa shape index (κ3) is 2.53. The molecule has 1 aromatic carbocycles. The summed E-state index contributed by atoms with van der Waals surface area (Å²) in [6.07, 6.45) is 1.15. The Hall–Kier alpha value is -1.42. The van der Waals surface area contributed by atoms with Gasteiger partial charge in [-0.1, -0.05) is 25.1 Å². The van der Waals surface area contributed by atoms with Gasteiger partial charge in [-0.05, 0) is 18.4 Å². The van der Waals surface area contributed by atoms with Gasteiger partial charge in [0, 0.05) is 25.1 Å². The molecule has 0 radical (unpaired) electrons. The molecule has 98 valence electrons. The highest BCUT2D eigenvalue weighted by Crippen LogP contribution is 2.36. The molecule has 2 N–H and O–H groups in total. The molecule has 3 nitrogen and oxygen atoms in total. The van der Waals surface area contributed by atoms with Gasteiger partial charge < -0.3 is 10.6 Å². The van der Waals surface area contributed by atoms with Crippen LogP contribution in [0.15, 0.2) is 24.3 Å². The van der Waals surface area contributed by atoms with Gasteiger partial charge in [0.15, 0.2) is 0 Å². The third-order valence-electron chi connectivity index (χ3n) is 3.45. The Morgan fingerprint density at radius 2 is 2.22 bits per heavy atom. The average molecular weight is 250 g/mol. The van der Waals surface area contributed by atoms with E-state index in [0.29, 0.717) is 31.0 Å². The van der Waals surface area contributed by atoms with Crippen LogP contribution in [0.1, 0.15) is 31.4 Å². The lowest BCUT2D eigenvalue weighted by atomic mass is 10.0. The van der Waals surface area contributed by atoms with Gasteiger partial charge in [0.25, 0.3) is 0 Å². The van der Waals surface area contributed by atoms with Crippen LogP contribution < -0.4 is 5.73 Å². The second-order valence-corrected chi connectivity index (χ2v) is 4.96. The number of likely N-dealkylation sites (tertiary alicyclic amines) is 1. The van der Waals surface area contributed by atoms with Crippen molar-refractivity contribution in [3.63, 3.8) is 0 Å². The van der Waals surface area contributed by atoms with E-state index in [2.05, 4.69) is 6.92 Å². The minimum Gasteiger partial charge on any atom is -0.335 e. The zero-order chi connectivity index (χ0) is 13.1. The van der Waals surface area contributed by atoms with Gasteiger partial charge >= 0.3 is 0 Å². The number of carbonyl (C=O) groups is 1. The Labute approximate surface area is 107 Å². The number of halogens is 1. The topological polar surface area (TPSA) is 46.3 Å². The van der Waals surface area contributed by atoms with Crippen molar-refractivity contribution in [3.05, 3.63) is 35.6 Å². The zero-order valence-electron chi connectivity index (χ0n) is 10.6. The summed E-state index contributed by atoms with van der Waals surface area (Å²) >= 11 is 0. The maximum absolute atomic E-state index is 13.8. The summed E-state index contributed by atoms with van der Waals surface area (Å²) in [4.78, 5) is 13.8. The molecule has 1 aromatic rings. The number of benzene rings is 1. The van der Waals surface area contributed by atoms with Gasteiger partial charge in [-0.2, -0.15) is 0 Å². The van der Waals surface area contributed by atoms with Crippen molar-refractivity contribution in [2.24, 2.45) is 11.7 Å². The summed E-state index contributed by atoms with van der Waals surface area (Å²) < 4.78 is 13.8. The molecule has 0 bridgehead atoms. The van der Waals surface area contributed by atoms with E-state index < -0.39 is 0 Å². The van der Waals surface area contributed by atoms with E-state index in [1.807, 2.05) is 6.07 Å². The molecule has 2 atom stereocenters. The van der Waals surface area contributed by atoms with Gasteiger partial charge in [-0.15, -0.1) is 0 Å². The van der Waals surface area contributed by atoms with Crippen LogP contribution >= 0.6 is 0 Å². The Morgan fingerprint density at radius 3 is 2.89 bits per heavy atom. The molecule has 1 saturated heterocycles. The Kier molecular flexibility index (Phi) is 3.97. The van der Waals surface area contributed by atoms with E-state index in [4.69, 9.17) is 5.73 Å². The average Bonchev–Trinajstić information content (AvgIpc) is 2.72. The standard InChI is InChI=1S/C14H19FN2O/c1-10-8-13(11-4-2-3-5-12(11)15)17(9-10)14(18)6-7-16/h2-5,10,13H,6-9,16H2,1H3. The third-order valence-corrected chi connectivity index (χ3v) is 3.45. The van der Waals surface area contributed by atoms with E-state index >= 15 is 0 Å². The molecule has 4 heteroatoms. The first-order chi connectivity index (χ1) is 8.63. The van der Waals surface area contributed by atoms with Crippen LogP contribution in [0.4, 0.5) is 4.39 Å². The molecule has 0 aliphatic carbocycles. The fraction of sp³-hybridized carbons (Fsp3) is 0.500. The number of hydrogen-bond acceptors (Lipinski definition) is 2. The molecule has 2 rings (SSSR count). The number of hydrogen-bond donors (Lipinski definition) is 1. The van der Waals surface area contributed by atoms with Crippen LogP contribution in [0.25, 0.3) is 0 Å². The van der Waals surface area contributed by atoms with Crippen molar-refractivity contribution in [1.82, 2.24) is 4.90 Å². The maximum atomic E-state index is 13.8. The van der Waals surface area contributed by atoms with Crippen molar-refractivity contribution in [1.29, 1.82) is 0 Å². The van der Waals surface area contributed by atoms with Crippen LogP contribution in [-0.2, 0) is 4.79 Å². The largest absolute Gasteiger partial charge is 0.335 e. The summed E-state index contributed by atoms with van der Waals surface area (Å²) in [5, 5.41) is 0. The fourth-order valence-corrected chi connectivity index (χ4v) is 2.63. The van der Waals surface area contributed by atoms with Gasteiger partial charge in [-0.3, -0.25) is 4.79 Å². The number of amides is 1. The quantitative estimate of drug-likeness (QED) is 0.892. The monoisotopic (exact) mass is 250 g/mol. The van der Waals surface area contributed by atoms with Crippen molar-refractivity contribution >= 4 is 5.91 Å². The molecular formula is C14H19FN2O. The summed E-state index contributed by atoms with van der Waals surface area (Å²) in [6, 6.07) is 6.56. The predicted octanol–water partition coefficient (Wildman–Crippen LogP) is 2.08. The fourth-order valence-electron chi connectivity index (χ4n) is 2.63. The van der Waals surface area contributed by atoms with E-state index in [1.54, 1.807) is 17.0 Å². The van der Waals surface area contributed by atoms with Crippen LogP contribution in [0.2, 0.25) is 0 Å². The van der Waals surface area contributed by atoms with Crippen LogP contribution in [-0.4, -0.2) is 23.9 Å². The molecule has 1 heterocycles. The van der Waals surface area contributed by atoms with Crippen LogP contribution in [0.3, 0.4) is 0 Å². The number of rotatable bonds is 3. The highest BCUT2D eigenvalue weighted by atomic mass is 19.1. The van der Waals surface area contributed by atoms with Crippen molar-refractivity contribution < 1.29 is 9.18 Å². The van der Waals surface area contributed by atoms with E-state index in [-0.39, 0.29) is 17.8 Å². The SMILES string of the molecule is CC1CC(c2ccccc2F)N(C(=O)CCN)C1.